The lowest BCUT2D eigenvalue weighted by Gasteiger charge is -2.40. The molecule has 1 aromatic carbocycles. The molecule has 0 unspecified atom stereocenters. The van der Waals surface area contributed by atoms with Crippen LogP contribution in [0.15, 0.2) is 24.3 Å². The number of piperidine rings is 1. The Hall–Kier alpha value is -1.55. The Morgan fingerprint density at radius 3 is 2.67 bits per heavy atom. The number of amides is 1. The monoisotopic (exact) mass is 482 g/mol. The number of halogens is 1. The van der Waals surface area contributed by atoms with Gasteiger partial charge in [0, 0.05) is 31.7 Å². The van der Waals surface area contributed by atoms with Gasteiger partial charge in [0.15, 0.2) is 0 Å². The number of hydrogen-bond donors (Lipinski definition) is 1. The molecule has 2 heterocycles. The SMILES string of the molecule is CS(=O)(=O)N[C@H]1CCN(C(=O)[C@H]2CCOC2)C[C@H]1CO[C@H]1CC[C@@H](c2cccc(F)c2)CC1. The average molecular weight is 483 g/mol. The van der Waals surface area contributed by atoms with Crippen LogP contribution in [0.3, 0.4) is 0 Å². The van der Waals surface area contributed by atoms with Gasteiger partial charge >= 0.3 is 0 Å². The first-order valence-electron chi connectivity index (χ1n) is 12.0. The minimum Gasteiger partial charge on any atom is -0.381 e. The van der Waals surface area contributed by atoms with Crippen molar-refractivity contribution in [2.24, 2.45) is 11.8 Å². The van der Waals surface area contributed by atoms with Gasteiger partial charge in [-0.1, -0.05) is 12.1 Å². The van der Waals surface area contributed by atoms with Crippen LogP contribution in [-0.4, -0.2) is 70.5 Å². The molecule has 2 aliphatic heterocycles. The third-order valence-corrected chi connectivity index (χ3v) is 7.96. The summed E-state index contributed by atoms with van der Waals surface area (Å²) in [6, 6.07) is 6.59. The number of carbonyl (C=O) groups excluding carboxylic acids is 1. The topological polar surface area (TPSA) is 84.9 Å². The standard InChI is InChI=1S/C24H35FN2O5S/c1-33(29,30)26-23-9-11-27(24(28)19-10-12-31-15-19)14-20(23)16-32-22-7-5-17(6-8-22)18-3-2-4-21(25)13-18/h2-4,13,17,19-20,22-23,26H,5-12,14-16H2,1H3/t17-,19-,20-,22+,23-/m0/s1. The Kier molecular flexibility index (Phi) is 8.04. The Bertz CT molecular complexity index is 913. The van der Waals surface area contributed by atoms with Crippen LogP contribution in [0.25, 0.3) is 0 Å². The highest BCUT2D eigenvalue weighted by Gasteiger charge is 2.37. The van der Waals surface area contributed by atoms with Crippen molar-refractivity contribution in [2.45, 2.75) is 56.6 Å². The predicted octanol–water partition coefficient (Wildman–Crippen LogP) is 2.67. The fourth-order valence-electron chi connectivity index (χ4n) is 5.40. The Morgan fingerprint density at radius 2 is 2.00 bits per heavy atom. The molecule has 1 amide bonds. The molecule has 184 valence electrons. The van der Waals surface area contributed by atoms with Crippen molar-refractivity contribution < 1.29 is 27.1 Å². The maximum atomic E-state index is 13.6. The number of hydrogen-bond acceptors (Lipinski definition) is 5. The lowest BCUT2D eigenvalue weighted by Crippen LogP contribution is -2.54. The highest BCUT2D eigenvalue weighted by molar-refractivity contribution is 7.88. The van der Waals surface area contributed by atoms with Crippen molar-refractivity contribution in [3.63, 3.8) is 0 Å². The highest BCUT2D eigenvalue weighted by Crippen LogP contribution is 2.35. The van der Waals surface area contributed by atoms with Gasteiger partial charge in [0.25, 0.3) is 0 Å². The summed E-state index contributed by atoms with van der Waals surface area (Å²) in [5.74, 6) is 0.0585. The zero-order chi connectivity index (χ0) is 23.4. The maximum absolute atomic E-state index is 13.6. The normalized spacial score (nSPS) is 31.0. The molecule has 9 heteroatoms. The molecule has 33 heavy (non-hydrogen) atoms. The molecule has 3 atom stereocenters. The molecular weight excluding hydrogens is 447 g/mol. The summed E-state index contributed by atoms with van der Waals surface area (Å²) in [6.07, 6.45) is 6.25. The predicted molar refractivity (Wildman–Crippen MR) is 123 cm³/mol. The fourth-order valence-corrected chi connectivity index (χ4v) is 6.26. The van der Waals surface area contributed by atoms with Gasteiger partial charge in [-0.15, -0.1) is 0 Å². The van der Waals surface area contributed by atoms with Crippen LogP contribution < -0.4 is 4.72 Å². The van der Waals surface area contributed by atoms with E-state index in [2.05, 4.69) is 4.72 Å². The van der Waals surface area contributed by atoms with Crippen LogP contribution >= 0.6 is 0 Å². The smallest absolute Gasteiger partial charge is 0.228 e. The van der Waals surface area contributed by atoms with Gasteiger partial charge in [-0.05, 0) is 62.1 Å². The van der Waals surface area contributed by atoms with Crippen molar-refractivity contribution in [2.75, 3.05) is 39.2 Å². The summed E-state index contributed by atoms with van der Waals surface area (Å²) in [5.41, 5.74) is 1.04. The van der Waals surface area contributed by atoms with Gasteiger partial charge in [-0.25, -0.2) is 17.5 Å². The van der Waals surface area contributed by atoms with Gasteiger partial charge in [-0.2, -0.15) is 0 Å². The first-order chi connectivity index (χ1) is 15.8. The number of ether oxygens (including phenoxy) is 2. The van der Waals surface area contributed by atoms with Crippen LogP contribution in [0.4, 0.5) is 4.39 Å². The lowest BCUT2D eigenvalue weighted by atomic mass is 9.82. The molecule has 2 saturated heterocycles. The first-order valence-corrected chi connectivity index (χ1v) is 13.9. The van der Waals surface area contributed by atoms with Gasteiger partial charge in [0.05, 0.1) is 31.5 Å². The summed E-state index contributed by atoms with van der Waals surface area (Å²) in [6.45, 7) is 2.52. The number of sulfonamides is 1. The third-order valence-electron chi connectivity index (χ3n) is 7.23. The van der Waals surface area contributed by atoms with E-state index in [1.807, 2.05) is 11.0 Å². The van der Waals surface area contributed by atoms with Crippen LogP contribution in [-0.2, 0) is 24.3 Å². The van der Waals surface area contributed by atoms with Gasteiger partial charge < -0.3 is 14.4 Å². The summed E-state index contributed by atoms with van der Waals surface area (Å²) < 4.78 is 51.7. The summed E-state index contributed by atoms with van der Waals surface area (Å²) in [5, 5.41) is 0. The van der Waals surface area contributed by atoms with E-state index in [0.29, 0.717) is 45.2 Å². The molecule has 1 saturated carbocycles. The Balaban J connectivity index is 1.32. The van der Waals surface area contributed by atoms with Crippen molar-refractivity contribution in [3.8, 4) is 0 Å². The molecule has 1 aliphatic carbocycles. The van der Waals surface area contributed by atoms with Gasteiger partial charge in [-0.3, -0.25) is 4.79 Å². The molecule has 0 aromatic heterocycles. The number of likely N-dealkylation sites (tertiary alicyclic amines) is 1. The van der Waals surface area contributed by atoms with Crippen molar-refractivity contribution in [1.29, 1.82) is 0 Å². The molecule has 1 aromatic rings. The second-order valence-corrected chi connectivity index (χ2v) is 11.5. The van der Waals surface area contributed by atoms with Gasteiger partial charge in [0.1, 0.15) is 5.82 Å². The first kappa shape index (κ1) is 24.6. The van der Waals surface area contributed by atoms with Crippen LogP contribution in [0, 0.1) is 17.7 Å². The number of carbonyl (C=O) groups is 1. The molecule has 7 nitrogen and oxygen atoms in total. The van der Waals surface area contributed by atoms with E-state index < -0.39 is 10.0 Å². The zero-order valence-corrected chi connectivity index (χ0v) is 20.1. The molecule has 0 radical (unpaired) electrons. The zero-order valence-electron chi connectivity index (χ0n) is 19.2. The van der Waals surface area contributed by atoms with E-state index >= 15 is 0 Å². The molecule has 3 fully saturated rings. The molecule has 0 spiro atoms. The van der Waals surface area contributed by atoms with Crippen LogP contribution in [0.2, 0.25) is 0 Å². The Morgan fingerprint density at radius 1 is 1.21 bits per heavy atom. The van der Waals surface area contributed by atoms with E-state index in [1.54, 1.807) is 12.1 Å². The van der Waals surface area contributed by atoms with E-state index in [-0.39, 0.29) is 35.7 Å². The van der Waals surface area contributed by atoms with Crippen LogP contribution in [0.1, 0.15) is 50.0 Å². The summed E-state index contributed by atoms with van der Waals surface area (Å²) in [7, 11) is -3.35. The number of nitrogens with zero attached hydrogens (tertiary/aromatic N) is 1. The largest absolute Gasteiger partial charge is 0.381 e. The quantitative estimate of drug-likeness (QED) is 0.646. The number of nitrogens with one attached hydrogen (secondary N) is 1. The average Bonchev–Trinajstić information content (AvgIpc) is 3.32. The fraction of sp³-hybridized carbons (Fsp3) is 0.708. The van der Waals surface area contributed by atoms with Crippen molar-refractivity contribution in [3.05, 3.63) is 35.6 Å². The third kappa shape index (κ3) is 6.74. The molecule has 1 N–H and O–H groups in total. The second kappa shape index (κ2) is 10.8. The molecule has 3 aliphatic rings. The van der Waals surface area contributed by atoms with Crippen LogP contribution in [0.5, 0.6) is 0 Å². The second-order valence-electron chi connectivity index (χ2n) is 9.75. The van der Waals surface area contributed by atoms with Gasteiger partial charge in [0.2, 0.25) is 15.9 Å². The minimum absolute atomic E-state index is 0.0934. The van der Waals surface area contributed by atoms with Crippen molar-refractivity contribution >= 4 is 15.9 Å². The van der Waals surface area contributed by atoms with E-state index in [1.165, 1.54) is 12.3 Å². The minimum atomic E-state index is -3.35. The highest BCUT2D eigenvalue weighted by atomic mass is 32.2. The summed E-state index contributed by atoms with van der Waals surface area (Å²) >= 11 is 0. The molecule has 4 rings (SSSR count). The Labute approximate surface area is 196 Å². The number of rotatable bonds is 7. The number of benzene rings is 1. The van der Waals surface area contributed by atoms with E-state index in [0.717, 1.165) is 37.7 Å². The van der Waals surface area contributed by atoms with E-state index in [4.69, 9.17) is 9.47 Å². The maximum Gasteiger partial charge on any atom is 0.228 e. The molecule has 0 bridgehead atoms. The van der Waals surface area contributed by atoms with E-state index in [9.17, 15) is 17.6 Å². The lowest BCUT2D eigenvalue weighted by molar-refractivity contribution is -0.138. The summed E-state index contributed by atoms with van der Waals surface area (Å²) in [4.78, 5) is 14.7. The molecular formula is C24H35FN2O5S. The van der Waals surface area contributed by atoms with Crippen molar-refractivity contribution in [1.82, 2.24) is 9.62 Å².